The molecular weight excluding hydrogens is 309 g/mol. The molecule has 1 fully saturated rings. The van der Waals surface area contributed by atoms with E-state index in [1.807, 2.05) is 0 Å². The fourth-order valence-corrected chi connectivity index (χ4v) is 2.74. The Hall–Kier alpha value is -0.960. The lowest BCUT2D eigenvalue weighted by atomic mass is 10.1. The minimum Gasteiger partial charge on any atom is -0.394 e. The minimum absolute atomic E-state index is 0.137. The number of hydrogen-bond acceptors (Lipinski definition) is 6. The number of hydrogen-bond donors (Lipinski definition) is 3. The van der Waals surface area contributed by atoms with Crippen LogP contribution in [0, 0.1) is 0 Å². The maximum atomic E-state index is 10.0. The number of pyridine rings is 1. The van der Waals surface area contributed by atoms with E-state index < -0.39 is 31.1 Å². The second-order valence-electron chi connectivity index (χ2n) is 4.48. The molecule has 1 aliphatic heterocycles. The van der Waals surface area contributed by atoms with Crippen LogP contribution < -0.4 is 0 Å². The Morgan fingerprint density at radius 3 is 2.70 bits per heavy atom. The first-order chi connectivity index (χ1) is 9.52. The van der Waals surface area contributed by atoms with E-state index in [1.165, 1.54) is 17.0 Å². The van der Waals surface area contributed by atoms with E-state index in [0.29, 0.717) is 11.0 Å². The molecule has 3 heterocycles. The Kier molecular flexibility index (Phi) is 3.57. The summed E-state index contributed by atoms with van der Waals surface area (Å²) >= 11 is 11.8. The number of ether oxygens (including phenoxy) is 1. The Labute approximate surface area is 123 Å². The van der Waals surface area contributed by atoms with Crippen LogP contribution in [-0.4, -0.2) is 54.8 Å². The first-order valence-corrected chi connectivity index (χ1v) is 6.59. The van der Waals surface area contributed by atoms with Crippen LogP contribution in [0.4, 0.5) is 0 Å². The van der Waals surface area contributed by atoms with Gasteiger partial charge in [-0.05, 0) is 0 Å². The van der Waals surface area contributed by atoms with Crippen molar-refractivity contribution in [2.45, 2.75) is 24.5 Å². The fraction of sp³-hybridized carbons (Fsp3) is 0.455. The molecule has 20 heavy (non-hydrogen) atoms. The number of rotatable bonds is 2. The van der Waals surface area contributed by atoms with Crippen molar-refractivity contribution in [3.63, 3.8) is 0 Å². The number of nitrogens with zero attached hydrogens (tertiary/aromatic N) is 3. The molecule has 0 aromatic carbocycles. The lowest BCUT2D eigenvalue weighted by molar-refractivity contribution is -0.0508. The molecule has 0 spiro atoms. The molecule has 0 unspecified atom stereocenters. The van der Waals surface area contributed by atoms with E-state index in [2.05, 4.69) is 9.97 Å². The van der Waals surface area contributed by atoms with Gasteiger partial charge < -0.3 is 24.6 Å². The number of aliphatic hydroxyl groups is 3. The first-order valence-electron chi connectivity index (χ1n) is 5.84. The Morgan fingerprint density at radius 2 is 2.05 bits per heavy atom. The number of fused-ring (bicyclic) bond motifs is 1. The Balaban J connectivity index is 2.07. The molecule has 2 aromatic rings. The van der Waals surface area contributed by atoms with Crippen LogP contribution in [-0.2, 0) is 4.74 Å². The van der Waals surface area contributed by atoms with E-state index in [9.17, 15) is 10.2 Å². The average Bonchev–Trinajstić information content (AvgIpc) is 2.93. The normalized spacial score (nSPS) is 30.2. The summed E-state index contributed by atoms with van der Waals surface area (Å²) in [6.45, 7) is -0.398. The van der Waals surface area contributed by atoms with Gasteiger partial charge in [-0.1, -0.05) is 23.2 Å². The SMILES string of the molecule is OC[C@H]1O[C@@H](n2cnc3c(Cl)nc(Cl)cc32)[C@H](O)[C@@H]1O. The molecule has 0 saturated carbocycles. The van der Waals surface area contributed by atoms with Crippen LogP contribution in [0.2, 0.25) is 10.3 Å². The number of halogens is 2. The second kappa shape index (κ2) is 5.10. The highest BCUT2D eigenvalue weighted by atomic mass is 35.5. The topological polar surface area (TPSA) is 101 Å². The van der Waals surface area contributed by atoms with Gasteiger partial charge in [-0.15, -0.1) is 0 Å². The van der Waals surface area contributed by atoms with E-state index >= 15 is 0 Å². The molecule has 108 valence electrons. The van der Waals surface area contributed by atoms with Crippen molar-refractivity contribution in [3.05, 3.63) is 22.7 Å². The highest BCUT2D eigenvalue weighted by Crippen LogP contribution is 2.33. The van der Waals surface area contributed by atoms with Crippen LogP contribution in [0.25, 0.3) is 11.0 Å². The maximum Gasteiger partial charge on any atom is 0.164 e. The molecule has 0 aliphatic carbocycles. The van der Waals surface area contributed by atoms with E-state index in [-0.39, 0.29) is 10.3 Å². The zero-order chi connectivity index (χ0) is 14.4. The van der Waals surface area contributed by atoms with Crippen molar-refractivity contribution in [1.82, 2.24) is 14.5 Å². The first kappa shape index (κ1) is 14.0. The Bertz CT molecular complexity index is 650. The largest absolute Gasteiger partial charge is 0.394 e. The molecule has 0 radical (unpaired) electrons. The average molecular weight is 320 g/mol. The molecule has 0 bridgehead atoms. The summed E-state index contributed by atoms with van der Waals surface area (Å²) in [4.78, 5) is 7.96. The van der Waals surface area contributed by atoms with Crippen molar-refractivity contribution in [1.29, 1.82) is 0 Å². The summed E-state index contributed by atoms with van der Waals surface area (Å²) in [5.74, 6) is 0. The second-order valence-corrected chi connectivity index (χ2v) is 5.23. The molecule has 0 amide bonds. The quantitative estimate of drug-likeness (QED) is 0.690. The van der Waals surface area contributed by atoms with Crippen LogP contribution in [0.3, 0.4) is 0 Å². The van der Waals surface area contributed by atoms with Gasteiger partial charge in [0.2, 0.25) is 0 Å². The molecule has 3 rings (SSSR count). The van der Waals surface area contributed by atoms with Gasteiger partial charge in [0.05, 0.1) is 18.5 Å². The van der Waals surface area contributed by atoms with E-state index in [4.69, 9.17) is 33.0 Å². The monoisotopic (exact) mass is 319 g/mol. The summed E-state index contributed by atoms with van der Waals surface area (Å²) < 4.78 is 6.93. The van der Waals surface area contributed by atoms with Crippen molar-refractivity contribution in [2.75, 3.05) is 6.61 Å². The van der Waals surface area contributed by atoms with Gasteiger partial charge in [0.15, 0.2) is 11.4 Å². The number of imidazole rings is 1. The number of aromatic nitrogens is 3. The third-order valence-corrected chi connectivity index (χ3v) is 3.74. The predicted octanol–water partition coefficient (Wildman–Crippen LogP) is 0.350. The van der Waals surface area contributed by atoms with Crippen LogP contribution in [0.1, 0.15) is 6.23 Å². The van der Waals surface area contributed by atoms with Gasteiger partial charge in [-0.2, -0.15) is 0 Å². The van der Waals surface area contributed by atoms with Crippen LogP contribution >= 0.6 is 23.2 Å². The van der Waals surface area contributed by atoms with Crippen molar-refractivity contribution in [3.8, 4) is 0 Å². The van der Waals surface area contributed by atoms with Gasteiger partial charge in [0.25, 0.3) is 0 Å². The molecule has 1 aliphatic rings. The summed E-state index contributed by atoms with van der Waals surface area (Å²) in [7, 11) is 0. The lowest BCUT2D eigenvalue weighted by Gasteiger charge is -2.17. The molecule has 2 aromatic heterocycles. The zero-order valence-electron chi connectivity index (χ0n) is 10.0. The van der Waals surface area contributed by atoms with Crippen molar-refractivity contribution in [2.24, 2.45) is 0 Å². The smallest absolute Gasteiger partial charge is 0.164 e. The molecule has 9 heteroatoms. The lowest BCUT2D eigenvalue weighted by Crippen LogP contribution is -2.33. The Morgan fingerprint density at radius 1 is 1.30 bits per heavy atom. The molecular formula is C11H11Cl2N3O4. The molecule has 3 N–H and O–H groups in total. The summed E-state index contributed by atoms with van der Waals surface area (Å²) in [5, 5.41) is 29.2. The highest BCUT2D eigenvalue weighted by Gasteiger charge is 2.43. The zero-order valence-corrected chi connectivity index (χ0v) is 11.5. The van der Waals surface area contributed by atoms with Crippen LogP contribution in [0.5, 0.6) is 0 Å². The summed E-state index contributed by atoms with van der Waals surface area (Å²) in [5.41, 5.74) is 0.929. The summed E-state index contributed by atoms with van der Waals surface area (Å²) in [6, 6.07) is 1.53. The third kappa shape index (κ3) is 2.07. The van der Waals surface area contributed by atoms with E-state index in [0.717, 1.165) is 0 Å². The minimum atomic E-state index is -1.20. The van der Waals surface area contributed by atoms with Gasteiger partial charge in [0.1, 0.15) is 29.0 Å². The molecule has 4 atom stereocenters. The van der Waals surface area contributed by atoms with Gasteiger partial charge in [0, 0.05) is 6.07 Å². The molecule has 7 nitrogen and oxygen atoms in total. The highest BCUT2D eigenvalue weighted by molar-refractivity contribution is 6.36. The van der Waals surface area contributed by atoms with Gasteiger partial charge >= 0.3 is 0 Å². The molecule has 1 saturated heterocycles. The van der Waals surface area contributed by atoms with Crippen molar-refractivity contribution >= 4 is 34.2 Å². The summed E-state index contributed by atoms with van der Waals surface area (Å²) in [6.07, 6.45) is -2.72. The standard InChI is InChI=1S/C11H11Cl2N3O4/c12-6-1-4-7(10(13)15-6)14-3-16(4)11-9(19)8(18)5(2-17)20-11/h1,3,5,8-9,11,17-19H,2H2/t5-,8-,9-,11-/m1/s1. The van der Waals surface area contributed by atoms with E-state index in [1.54, 1.807) is 0 Å². The maximum absolute atomic E-state index is 10.0. The van der Waals surface area contributed by atoms with Gasteiger partial charge in [-0.25, -0.2) is 9.97 Å². The van der Waals surface area contributed by atoms with Crippen molar-refractivity contribution < 1.29 is 20.1 Å². The van der Waals surface area contributed by atoms with Gasteiger partial charge in [-0.3, -0.25) is 0 Å². The fourth-order valence-electron chi connectivity index (χ4n) is 2.28. The van der Waals surface area contributed by atoms with Crippen LogP contribution in [0.15, 0.2) is 12.4 Å². The number of aliphatic hydroxyl groups excluding tert-OH is 3. The third-order valence-electron chi connectivity index (χ3n) is 3.28. The predicted molar refractivity (Wildman–Crippen MR) is 70.6 cm³/mol.